The van der Waals surface area contributed by atoms with Gasteiger partial charge in [-0.25, -0.2) is 19.9 Å². The highest BCUT2D eigenvalue weighted by atomic mass is 16.2. The van der Waals surface area contributed by atoms with Crippen molar-refractivity contribution in [2.24, 2.45) is 0 Å². The van der Waals surface area contributed by atoms with Crippen molar-refractivity contribution in [3.8, 4) is 0 Å². The zero-order valence-electron chi connectivity index (χ0n) is 20.6. The maximum atomic E-state index is 12.3. The summed E-state index contributed by atoms with van der Waals surface area (Å²) in [6.07, 6.45) is 10.2. The number of carbonyl (C=O) groups is 2. The first kappa shape index (κ1) is 24.9. The molecule has 192 valence electrons. The van der Waals surface area contributed by atoms with Crippen LogP contribution < -0.4 is 10.6 Å². The number of rotatable bonds is 8. The first-order chi connectivity index (χ1) is 18.6. The van der Waals surface area contributed by atoms with Gasteiger partial charge in [-0.15, -0.1) is 10.2 Å². The Hall–Kier alpha value is -4.74. The van der Waals surface area contributed by atoms with Crippen molar-refractivity contribution in [2.75, 3.05) is 10.6 Å². The van der Waals surface area contributed by atoms with Gasteiger partial charge in [0.15, 0.2) is 11.6 Å². The van der Waals surface area contributed by atoms with Crippen molar-refractivity contribution in [1.29, 1.82) is 0 Å². The number of nitrogens with one attached hydrogen (secondary N) is 2. The molecule has 0 radical (unpaired) electrons. The molecular weight excluding hydrogens is 484 g/mol. The maximum Gasteiger partial charge on any atom is 0.231 e. The monoisotopic (exact) mass is 510 g/mol. The normalized spacial score (nSPS) is 16.9. The third kappa shape index (κ3) is 6.72. The van der Waals surface area contributed by atoms with E-state index in [2.05, 4.69) is 51.0 Å². The van der Waals surface area contributed by atoms with Crippen LogP contribution >= 0.6 is 0 Å². The highest BCUT2D eigenvalue weighted by Crippen LogP contribution is 2.40. The zero-order valence-corrected chi connectivity index (χ0v) is 20.6. The lowest BCUT2D eigenvalue weighted by Gasteiger charge is -2.28. The fourth-order valence-electron chi connectivity index (χ4n) is 4.53. The Kier molecular flexibility index (Phi) is 7.87. The van der Waals surface area contributed by atoms with Gasteiger partial charge in [-0.05, 0) is 55.7 Å². The van der Waals surface area contributed by atoms with Crippen LogP contribution in [0.4, 0.5) is 11.6 Å². The van der Waals surface area contributed by atoms with Gasteiger partial charge in [-0.3, -0.25) is 9.59 Å². The van der Waals surface area contributed by atoms with Gasteiger partial charge in [0.25, 0.3) is 0 Å². The van der Waals surface area contributed by atoms with E-state index in [0.717, 1.165) is 37.1 Å². The molecule has 5 rings (SSSR count). The van der Waals surface area contributed by atoms with E-state index in [1.165, 1.54) is 12.7 Å². The molecule has 2 amide bonds. The fraction of sp³-hybridized carbons (Fsp3) is 0.308. The molecule has 0 spiro atoms. The van der Waals surface area contributed by atoms with E-state index in [0.29, 0.717) is 23.0 Å². The van der Waals surface area contributed by atoms with Crippen molar-refractivity contribution in [3.63, 3.8) is 0 Å². The summed E-state index contributed by atoms with van der Waals surface area (Å²) in [5, 5.41) is 22.7. The van der Waals surface area contributed by atoms with Crippen molar-refractivity contribution < 1.29 is 9.59 Å². The molecule has 0 saturated heterocycles. The van der Waals surface area contributed by atoms with E-state index in [1.54, 1.807) is 36.7 Å². The summed E-state index contributed by atoms with van der Waals surface area (Å²) < 4.78 is 0. The van der Waals surface area contributed by atoms with Crippen LogP contribution in [0.2, 0.25) is 0 Å². The van der Waals surface area contributed by atoms with Gasteiger partial charge in [0, 0.05) is 24.2 Å². The van der Waals surface area contributed by atoms with Gasteiger partial charge < -0.3 is 10.6 Å². The minimum absolute atomic E-state index is 0.141. The van der Waals surface area contributed by atoms with Crippen LogP contribution in [0.15, 0.2) is 61.4 Å². The minimum atomic E-state index is -0.212. The zero-order chi connectivity index (χ0) is 26.2. The predicted molar refractivity (Wildman–Crippen MR) is 137 cm³/mol. The maximum absolute atomic E-state index is 12.3. The van der Waals surface area contributed by atoms with Gasteiger partial charge in [-0.1, -0.05) is 6.42 Å². The summed E-state index contributed by atoms with van der Waals surface area (Å²) >= 11 is 0. The number of carbonyl (C=O) groups excluding carboxylic acids is 2. The van der Waals surface area contributed by atoms with Crippen LogP contribution in [-0.2, 0) is 22.4 Å². The second kappa shape index (κ2) is 12.0. The molecule has 4 aromatic heterocycles. The van der Waals surface area contributed by atoms with Crippen LogP contribution in [0, 0.1) is 0 Å². The number of hydrogen-bond acceptors (Lipinski definition) is 10. The smallest absolute Gasteiger partial charge is 0.231 e. The Morgan fingerprint density at radius 1 is 0.684 bits per heavy atom. The lowest BCUT2D eigenvalue weighted by atomic mass is 9.78. The minimum Gasteiger partial charge on any atom is -0.309 e. The van der Waals surface area contributed by atoms with E-state index in [4.69, 9.17) is 0 Å². The molecule has 2 unspecified atom stereocenters. The quantitative estimate of drug-likeness (QED) is 0.360. The molecule has 0 aliphatic heterocycles. The highest BCUT2D eigenvalue weighted by Gasteiger charge is 2.27. The average molecular weight is 511 g/mol. The van der Waals surface area contributed by atoms with Gasteiger partial charge >= 0.3 is 0 Å². The van der Waals surface area contributed by atoms with Gasteiger partial charge in [-0.2, -0.15) is 10.2 Å². The van der Waals surface area contributed by atoms with Gasteiger partial charge in [0.05, 0.1) is 35.6 Å². The largest absolute Gasteiger partial charge is 0.309 e. The SMILES string of the molecule is O=C(Cc1ccncn1)Nc1ccc(C2CCCC(c3ccc(NC(=O)Cc4ccncn4)nn3)C2)nn1. The number of aromatic nitrogens is 8. The second-order valence-electron chi connectivity index (χ2n) is 9.10. The molecule has 2 atom stereocenters. The topological polar surface area (TPSA) is 161 Å². The van der Waals surface area contributed by atoms with Gasteiger partial charge in [0.2, 0.25) is 11.8 Å². The molecule has 1 aliphatic rings. The number of nitrogens with zero attached hydrogens (tertiary/aromatic N) is 8. The van der Waals surface area contributed by atoms with Crippen molar-refractivity contribution >= 4 is 23.5 Å². The molecular formula is C26H26N10O2. The van der Waals surface area contributed by atoms with Crippen LogP contribution in [0.1, 0.15) is 60.3 Å². The van der Waals surface area contributed by atoms with E-state index >= 15 is 0 Å². The van der Waals surface area contributed by atoms with E-state index in [9.17, 15) is 9.59 Å². The summed E-state index contributed by atoms with van der Waals surface area (Å²) in [6.45, 7) is 0. The number of hydrogen-bond donors (Lipinski definition) is 2. The molecule has 38 heavy (non-hydrogen) atoms. The Morgan fingerprint density at radius 2 is 1.18 bits per heavy atom. The summed E-state index contributed by atoms with van der Waals surface area (Å²) in [7, 11) is 0. The fourth-order valence-corrected chi connectivity index (χ4v) is 4.53. The highest BCUT2D eigenvalue weighted by molar-refractivity contribution is 5.91. The lowest BCUT2D eigenvalue weighted by molar-refractivity contribution is -0.116. The van der Waals surface area contributed by atoms with E-state index < -0.39 is 0 Å². The third-order valence-electron chi connectivity index (χ3n) is 6.39. The van der Waals surface area contributed by atoms with Crippen LogP contribution in [0.3, 0.4) is 0 Å². The Morgan fingerprint density at radius 3 is 1.58 bits per heavy atom. The number of anilines is 2. The van der Waals surface area contributed by atoms with Crippen molar-refractivity contribution in [3.05, 3.63) is 84.2 Å². The van der Waals surface area contributed by atoms with Gasteiger partial charge in [0.1, 0.15) is 12.7 Å². The molecule has 2 N–H and O–H groups in total. The Balaban J connectivity index is 1.14. The molecule has 0 aromatic carbocycles. The molecule has 12 nitrogen and oxygen atoms in total. The predicted octanol–water partition coefficient (Wildman–Crippen LogP) is 2.65. The molecule has 4 aromatic rings. The molecule has 4 heterocycles. The molecule has 0 bridgehead atoms. The Bertz CT molecular complexity index is 1250. The molecule has 1 fully saturated rings. The van der Waals surface area contributed by atoms with Crippen LogP contribution in [0.25, 0.3) is 0 Å². The van der Waals surface area contributed by atoms with E-state index in [1.807, 2.05) is 12.1 Å². The lowest BCUT2D eigenvalue weighted by Crippen LogP contribution is -2.19. The summed E-state index contributed by atoms with van der Waals surface area (Å²) in [4.78, 5) is 40.3. The summed E-state index contributed by atoms with van der Waals surface area (Å²) in [6, 6.07) is 10.8. The number of amides is 2. The van der Waals surface area contributed by atoms with Crippen molar-refractivity contribution in [1.82, 2.24) is 40.3 Å². The second-order valence-corrected chi connectivity index (χ2v) is 9.10. The Labute approximate surface area is 218 Å². The third-order valence-corrected chi connectivity index (χ3v) is 6.39. The summed E-state index contributed by atoms with van der Waals surface area (Å²) in [5.41, 5.74) is 3.06. The first-order valence-electron chi connectivity index (χ1n) is 12.4. The first-order valence-corrected chi connectivity index (χ1v) is 12.4. The molecule has 1 saturated carbocycles. The van der Waals surface area contributed by atoms with Crippen molar-refractivity contribution in [2.45, 2.75) is 50.4 Å². The summed E-state index contributed by atoms with van der Waals surface area (Å²) in [5.74, 6) is 0.861. The van der Waals surface area contributed by atoms with E-state index in [-0.39, 0.29) is 36.5 Å². The van der Waals surface area contributed by atoms with Crippen LogP contribution in [-0.4, -0.2) is 52.1 Å². The average Bonchev–Trinajstić information content (AvgIpc) is 2.95. The standard InChI is InChI=1S/C26H26N10O2/c37-25(13-19-8-10-27-15-29-19)31-23-6-4-21(33-35-23)17-2-1-3-18(12-17)22-5-7-24(36-34-22)32-26(38)14-20-9-11-28-16-30-20/h4-11,15-18H,1-3,12-14H2,(H,31,35,37)(H,32,36,38). The molecule has 1 aliphatic carbocycles. The van der Waals surface area contributed by atoms with Crippen LogP contribution in [0.5, 0.6) is 0 Å². The molecule has 12 heteroatoms.